The Balaban J connectivity index is 1.51. The summed E-state index contributed by atoms with van der Waals surface area (Å²) in [7, 11) is -3.08. The number of benzene rings is 1. The van der Waals surface area contributed by atoms with Gasteiger partial charge in [-0.1, -0.05) is 32.9 Å². The van der Waals surface area contributed by atoms with E-state index < -0.39 is 15.9 Å². The van der Waals surface area contributed by atoms with Crippen LogP contribution in [0.5, 0.6) is 0 Å². The van der Waals surface area contributed by atoms with Gasteiger partial charge in [-0.3, -0.25) is 5.32 Å². The summed E-state index contributed by atoms with van der Waals surface area (Å²) >= 11 is 1.41. The lowest BCUT2D eigenvalue weighted by atomic mass is 9.92. The van der Waals surface area contributed by atoms with Crippen LogP contribution in [0.3, 0.4) is 0 Å². The highest BCUT2D eigenvalue weighted by Gasteiger charge is 2.32. The molecule has 0 saturated carbocycles. The van der Waals surface area contributed by atoms with Gasteiger partial charge in [0.2, 0.25) is 0 Å². The Morgan fingerprint density at radius 3 is 2.48 bits per heavy atom. The molecule has 1 aliphatic rings. The number of nitrogens with one attached hydrogen (secondary N) is 2. The Hall–Kier alpha value is -2.72. The molecule has 1 unspecified atom stereocenters. The monoisotopic (exact) mass is 459 g/mol. The number of rotatable bonds is 4. The molecule has 31 heavy (non-hydrogen) atoms. The van der Waals surface area contributed by atoms with E-state index in [0.717, 1.165) is 16.1 Å². The molecule has 0 aliphatic carbocycles. The van der Waals surface area contributed by atoms with E-state index in [9.17, 15) is 13.2 Å². The summed E-state index contributed by atoms with van der Waals surface area (Å²) in [5.74, 6) is 0.666. The fraction of sp³-hybridized carbons (Fsp3) is 0.381. The maximum absolute atomic E-state index is 12.7. The topological polar surface area (TPSA) is 106 Å². The second-order valence-electron chi connectivity index (χ2n) is 8.70. The lowest BCUT2D eigenvalue weighted by Gasteiger charge is -2.15. The van der Waals surface area contributed by atoms with E-state index in [1.165, 1.54) is 11.5 Å². The smallest absolute Gasteiger partial charge is 0.308 e. The molecule has 0 radical (unpaired) electrons. The van der Waals surface area contributed by atoms with Gasteiger partial charge in [-0.25, -0.2) is 22.3 Å². The summed E-state index contributed by atoms with van der Waals surface area (Å²) in [6, 6.07) is 10.6. The second-order valence-corrected chi connectivity index (χ2v) is 11.8. The third-order valence-corrected chi connectivity index (χ3v) is 7.71. The molecule has 1 saturated heterocycles. The number of carbonyl (C=O) groups is 1. The number of carbonyl (C=O) groups excluding carboxylic acids is 1. The first kappa shape index (κ1) is 21.5. The largest absolute Gasteiger partial charge is 0.324 e. The van der Waals surface area contributed by atoms with Gasteiger partial charge in [0.25, 0.3) is 0 Å². The summed E-state index contributed by atoms with van der Waals surface area (Å²) in [5.41, 5.74) is 2.24. The maximum Gasteiger partial charge on any atom is 0.324 e. The zero-order valence-electron chi connectivity index (χ0n) is 17.6. The molecule has 1 aromatic carbocycles. The van der Waals surface area contributed by atoms with Gasteiger partial charge in [0, 0.05) is 23.4 Å². The average molecular weight is 460 g/mol. The van der Waals surface area contributed by atoms with Gasteiger partial charge in [-0.15, -0.1) is 0 Å². The van der Waals surface area contributed by atoms with Gasteiger partial charge in [0.15, 0.2) is 9.84 Å². The van der Waals surface area contributed by atoms with Crippen LogP contribution < -0.4 is 10.6 Å². The third kappa shape index (κ3) is 4.96. The fourth-order valence-electron chi connectivity index (χ4n) is 3.46. The van der Waals surface area contributed by atoms with Crippen molar-refractivity contribution in [1.82, 2.24) is 14.2 Å². The van der Waals surface area contributed by atoms with Crippen molar-refractivity contribution in [2.45, 2.75) is 38.6 Å². The van der Waals surface area contributed by atoms with E-state index in [1.54, 1.807) is 10.9 Å². The molecule has 4 rings (SSSR count). The summed E-state index contributed by atoms with van der Waals surface area (Å²) in [6.45, 7) is 6.08. The van der Waals surface area contributed by atoms with E-state index >= 15 is 0 Å². The van der Waals surface area contributed by atoms with Crippen LogP contribution in [0.15, 0.2) is 42.6 Å². The molecule has 3 aromatic rings. The first-order chi connectivity index (χ1) is 14.6. The molecule has 1 aliphatic heterocycles. The van der Waals surface area contributed by atoms with Gasteiger partial charge in [0.05, 0.1) is 28.1 Å². The molecule has 2 amide bonds. The number of hydrogen-bond acceptors (Lipinski definition) is 6. The number of nitrogens with zero attached hydrogens (tertiary/aromatic N) is 3. The van der Waals surface area contributed by atoms with E-state index in [1.807, 2.05) is 57.2 Å². The Morgan fingerprint density at radius 1 is 1.16 bits per heavy atom. The third-order valence-electron chi connectivity index (χ3n) is 5.17. The number of urea groups is 1. The predicted octanol–water partition coefficient (Wildman–Crippen LogP) is 4.31. The molecule has 10 heteroatoms. The van der Waals surface area contributed by atoms with E-state index in [4.69, 9.17) is 0 Å². The highest BCUT2D eigenvalue weighted by Crippen LogP contribution is 2.31. The minimum Gasteiger partial charge on any atom is -0.308 e. The van der Waals surface area contributed by atoms with Crippen LogP contribution in [0.25, 0.3) is 10.4 Å². The molecular formula is C21H25N5O3S2. The molecule has 3 heterocycles. The normalized spacial score (nSPS) is 18.1. The number of amides is 2. The number of sulfone groups is 1. The van der Waals surface area contributed by atoms with Crippen LogP contribution in [0.2, 0.25) is 0 Å². The number of anilines is 2. The number of aromatic nitrogens is 3. The van der Waals surface area contributed by atoms with Crippen LogP contribution in [-0.4, -0.2) is 40.1 Å². The predicted molar refractivity (Wildman–Crippen MR) is 123 cm³/mol. The first-order valence-electron chi connectivity index (χ1n) is 10.0. The summed E-state index contributed by atoms with van der Waals surface area (Å²) in [5, 5.41) is 10.3. The van der Waals surface area contributed by atoms with Gasteiger partial charge < -0.3 is 5.32 Å². The van der Waals surface area contributed by atoms with Crippen molar-refractivity contribution in [3.8, 4) is 10.4 Å². The molecule has 0 bridgehead atoms. The van der Waals surface area contributed by atoms with E-state index in [2.05, 4.69) is 20.1 Å². The highest BCUT2D eigenvalue weighted by molar-refractivity contribution is 7.91. The van der Waals surface area contributed by atoms with Crippen molar-refractivity contribution in [2.75, 3.05) is 22.1 Å². The van der Waals surface area contributed by atoms with Crippen molar-refractivity contribution in [3.05, 3.63) is 48.3 Å². The molecule has 1 fully saturated rings. The fourth-order valence-corrected chi connectivity index (χ4v) is 5.75. The van der Waals surface area contributed by atoms with Crippen molar-refractivity contribution in [3.63, 3.8) is 0 Å². The lowest BCUT2D eigenvalue weighted by Crippen LogP contribution is -2.23. The quantitative estimate of drug-likeness (QED) is 0.605. The molecule has 8 nitrogen and oxygen atoms in total. The van der Waals surface area contributed by atoms with E-state index in [-0.39, 0.29) is 23.0 Å². The average Bonchev–Trinajstić information content (AvgIpc) is 3.41. The summed E-state index contributed by atoms with van der Waals surface area (Å²) in [6.07, 6.45) is 2.24. The lowest BCUT2D eigenvalue weighted by molar-refractivity contribution is 0.262. The van der Waals surface area contributed by atoms with Gasteiger partial charge in [0.1, 0.15) is 5.82 Å². The first-order valence-corrected chi connectivity index (χ1v) is 12.6. The van der Waals surface area contributed by atoms with Crippen LogP contribution in [0, 0.1) is 0 Å². The zero-order chi connectivity index (χ0) is 22.2. The molecule has 2 aromatic heterocycles. The Morgan fingerprint density at radius 2 is 1.90 bits per heavy atom. The maximum atomic E-state index is 12.7. The van der Waals surface area contributed by atoms with Crippen molar-refractivity contribution >= 4 is 38.9 Å². The minimum atomic E-state index is -3.08. The van der Waals surface area contributed by atoms with Crippen LogP contribution in [-0.2, 0) is 15.3 Å². The van der Waals surface area contributed by atoms with Crippen molar-refractivity contribution < 1.29 is 13.2 Å². The van der Waals surface area contributed by atoms with Crippen LogP contribution in [0.4, 0.5) is 16.3 Å². The second kappa shape index (κ2) is 8.08. The minimum absolute atomic E-state index is 0.0353. The Kier molecular flexibility index (Phi) is 5.61. The van der Waals surface area contributed by atoms with Gasteiger partial charge in [-0.2, -0.15) is 5.10 Å². The SMILES string of the molecule is CC(C)(C)c1cc(NC(=O)Nc2ccc(-c3ccns3)cc2)n(C2CCS(=O)(=O)C2)n1. The van der Waals surface area contributed by atoms with Crippen molar-refractivity contribution in [2.24, 2.45) is 0 Å². The Labute approximate surface area is 185 Å². The van der Waals surface area contributed by atoms with Crippen LogP contribution >= 0.6 is 11.5 Å². The molecule has 1 atom stereocenters. The van der Waals surface area contributed by atoms with Gasteiger partial charge >= 0.3 is 6.03 Å². The summed E-state index contributed by atoms with van der Waals surface area (Å²) in [4.78, 5) is 13.7. The zero-order valence-corrected chi connectivity index (χ0v) is 19.3. The standard InChI is InChI=1S/C21H25N5O3S2/c1-21(2,3)18-12-19(26(25-18)16-9-11-31(28,29)13-16)24-20(27)23-15-6-4-14(5-7-15)17-8-10-22-30-17/h4-8,10,12,16H,9,11,13H2,1-3H3,(H2,23,24,27). The Bertz CT molecular complexity index is 1180. The van der Waals surface area contributed by atoms with Gasteiger partial charge in [-0.05, 0) is 41.7 Å². The molecule has 164 valence electrons. The molecule has 2 N–H and O–H groups in total. The molecular weight excluding hydrogens is 434 g/mol. The van der Waals surface area contributed by atoms with E-state index in [0.29, 0.717) is 17.9 Å². The molecule has 0 spiro atoms. The summed E-state index contributed by atoms with van der Waals surface area (Å²) < 4.78 is 29.7. The highest BCUT2D eigenvalue weighted by atomic mass is 32.2. The number of hydrogen-bond donors (Lipinski definition) is 2. The van der Waals surface area contributed by atoms with Crippen LogP contribution in [0.1, 0.15) is 38.9 Å². The van der Waals surface area contributed by atoms with Crippen molar-refractivity contribution in [1.29, 1.82) is 0 Å².